The van der Waals surface area contributed by atoms with Crippen molar-refractivity contribution in [1.29, 1.82) is 0 Å². The molecule has 10 heteroatoms. The lowest BCUT2D eigenvalue weighted by Crippen LogP contribution is -2.47. The van der Waals surface area contributed by atoms with Gasteiger partial charge in [0.25, 0.3) is 5.91 Å². The van der Waals surface area contributed by atoms with Crippen molar-refractivity contribution in [3.8, 4) is 0 Å². The molecule has 2 amide bonds. The summed E-state index contributed by atoms with van der Waals surface area (Å²) in [6.07, 6.45) is 1.38. The quantitative estimate of drug-likeness (QED) is 0.636. The lowest BCUT2D eigenvalue weighted by Gasteiger charge is -2.32. The normalized spacial score (nSPS) is 16.9. The van der Waals surface area contributed by atoms with Crippen molar-refractivity contribution in [2.24, 2.45) is 5.92 Å². The van der Waals surface area contributed by atoms with E-state index in [9.17, 15) is 22.8 Å². The van der Waals surface area contributed by atoms with Gasteiger partial charge in [0.05, 0.1) is 24.0 Å². The van der Waals surface area contributed by atoms with Crippen LogP contribution in [0.25, 0.3) is 0 Å². The molecule has 0 aromatic heterocycles. The first-order valence-corrected chi connectivity index (χ1v) is 10.9. The largest absolute Gasteiger partial charge is 0.466 e. The zero-order valence-corrected chi connectivity index (χ0v) is 17.7. The smallest absolute Gasteiger partial charge is 0.310 e. The summed E-state index contributed by atoms with van der Waals surface area (Å²) in [7, 11) is -0.773. The minimum Gasteiger partial charge on any atom is -0.466 e. The van der Waals surface area contributed by atoms with Crippen LogP contribution >= 0.6 is 0 Å². The first kappa shape index (κ1) is 22.8. The molecule has 1 unspecified atom stereocenters. The lowest BCUT2D eigenvalue weighted by atomic mass is 9.98. The van der Waals surface area contributed by atoms with E-state index in [4.69, 9.17) is 4.74 Å². The second-order valence-electron chi connectivity index (χ2n) is 6.82. The van der Waals surface area contributed by atoms with E-state index in [-0.39, 0.29) is 41.3 Å². The summed E-state index contributed by atoms with van der Waals surface area (Å²) < 4.78 is 30.8. The first-order valence-electron chi connectivity index (χ1n) is 9.43. The number of ether oxygens (including phenoxy) is 1. The number of esters is 1. The van der Waals surface area contributed by atoms with E-state index in [1.165, 1.54) is 43.3 Å². The number of nitrogens with one attached hydrogen (secondary N) is 1. The highest BCUT2D eigenvalue weighted by molar-refractivity contribution is 7.89. The standard InChI is InChI=1S/C19H27N3O6S/c1-4-28-19(25)15-6-5-11-22(12-15)17(23)13-21(3)18(24)14-7-9-16(10-8-14)29(26,27)20-2/h7-10,15,20H,4-6,11-13H2,1-3H3. The Bertz CT molecular complexity index is 853. The molecule has 0 saturated carbocycles. The molecule has 1 aromatic carbocycles. The molecule has 1 N–H and O–H groups in total. The maximum Gasteiger partial charge on any atom is 0.310 e. The van der Waals surface area contributed by atoms with Gasteiger partial charge in [-0.25, -0.2) is 13.1 Å². The van der Waals surface area contributed by atoms with Crippen molar-refractivity contribution in [1.82, 2.24) is 14.5 Å². The van der Waals surface area contributed by atoms with Crippen LogP contribution in [0.5, 0.6) is 0 Å². The van der Waals surface area contributed by atoms with Gasteiger partial charge in [0, 0.05) is 25.7 Å². The van der Waals surface area contributed by atoms with Crippen LogP contribution in [-0.4, -0.2) is 76.3 Å². The topological polar surface area (TPSA) is 113 Å². The maximum absolute atomic E-state index is 12.6. The Kier molecular flexibility index (Phi) is 7.74. The molecule has 1 atom stereocenters. The Morgan fingerprint density at radius 2 is 1.90 bits per heavy atom. The average molecular weight is 426 g/mol. The van der Waals surface area contributed by atoms with Crippen molar-refractivity contribution >= 4 is 27.8 Å². The second-order valence-corrected chi connectivity index (χ2v) is 8.71. The summed E-state index contributed by atoms with van der Waals surface area (Å²) in [5.41, 5.74) is 0.276. The molecule has 1 saturated heterocycles. The van der Waals surface area contributed by atoms with E-state index < -0.39 is 15.9 Å². The zero-order chi connectivity index (χ0) is 21.6. The third-order valence-electron chi connectivity index (χ3n) is 4.79. The van der Waals surface area contributed by atoms with Crippen LogP contribution in [0.4, 0.5) is 0 Å². The van der Waals surface area contributed by atoms with Gasteiger partial charge in [0.15, 0.2) is 0 Å². The number of likely N-dealkylation sites (tertiary alicyclic amines) is 1. The Hall–Kier alpha value is -2.46. The van der Waals surface area contributed by atoms with Crippen molar-refractivity contribution in [3.05, 3.63) is 29.8 Å². The number of amides is 2. The maximum atomic E-state index is 12.6. The number of carbonyl (C=O) groups excluding carboxylic acids is 3. The monoisotopic (exact) mass is 425 g/mol. The Morgan fingerprint density at radius 1 is 1.24 bits per heavy atom. The number of hydrogen-bond acceptors (Lipinski definition) is 6. The van der Waals surface area contributed by atoms with E-state index in [0.29, 0.717) is 26.0 Å². The number of carbonyl (C=O) groups is 3. The summed E-state index contributed by atoms with van der Waals surface area (Å²) in [5.74, 6) is -1.28. The molecule has 1 aromatic rings. The summed E-state index contributed by atoms with van der Waals surface area (Å²) in [6, 6.07) is 5.49. The Balaban J connectivity index is 1.98. The number of benzene rings is 1. The molecule has 1 fully saturated rings. The number of piperidine rings is 1. The summed E-state index contributed by atoms with van der Waals surface area (Å²) in [6.45, 7) is 2.73. The predicted molar refractivity (Wildman–Crippen MR) is 106 cm³/mol. The van der Waals surface area contributed by atoms with Crippen LogP contribution in [0, 0.1) is 5.92 Å². The highest BCUT2D eigenvalue weighted by Crippen LogP contribution is 2.18. The first-order chi connectivity index (χ1) is 13.7. The molecule has 0 radical (unpaired) electrons. The number of sulfonamides is 1. The molecule has 160 valence electrons. The van der Waals surface area contributed by atoms with Gasteiger partial charge in [0.1, 0.15) is 0 Å². The highest BCUT2D eigenvalue weighted by atomic mass is 32.2. The van der Waals surface area contributed by atoms with Crippen LogP contribution in [-0.2, 0) is 24.3 Å². The van der Waals surface area contributed by atoms with Gasteiger partial charge in [-0.2, -0.15) is 0 Å². The van der Waals surface area contributed by atoms with E-state index >= 15 is 0 Å². The Morgan fingerprint density at radius 3 is 2.48 bits per heavy atom. The van der Waals surface area contributed by atoms with E-state index in [2.05, 4.69) is 4.72 Å². The van der Waals surface area contributed by atoms with Crippen molar-refractivity contribution < 1.29 is 27.5 Å². The van der Waals surface area contributed by atoms with Gasteiger partial charge in [-0.15, -0.1) is 0 Å². The fourth-order valence-corrected chi connectivity index (χ4v) is 3.88. The number of likely N-dealkylation sites (N-methyl/N-ethyl adjacent to an activating group) is 1. The molecule has 0 bridgehead atoms. The van der Waals surface area contributed by atoms with Crippen LogP contribution in [0.2, 0.25) is 0 Å². The molecule has 2 rings (SSSR count). The van der Waals surface area contributed by atoms with Crippen LogP contribution in [0.3, 0.4) is 0 Å². The van der Waals surface area contributed by atoms with Gasteiger partial charge in [-0.1, -0.05) is 0 Å². The molecule has 1 heterocycles. The Labute approximate surface area is 171 Å². The summed E-state index contributed by atoms with van der Waals surface area (Å²) in [4.78, 5) is 40.0. The summed E-state index contributed by atoms with van der Waals surface area (Å²) in [5, 5.41) is 0. The van der Waals surface area contributed by atoms with Crippen molar-refractivity contribution in [2.75, 3.05) is 40.3 Å². The number of hydrogen-bond donors (Lipinski definition) is 1. The molecular formula is C19H27N3O6S. The highest BCUT2D eigenvalue weighted by Gasteiger charge is 2.30. The SMILES string of the molecule is CCOC(=O)C1CCCN(C(=O)CN(C)C(=O)c2ccc(S(=O)(=O)NC)cc2)C1. The zero-order valence-electron chi connectivity index (χ0n) is 16.9. The van der Waals surface area contributed by atoms with Gasteiger partial charge in [0.2, 0.25) is 15.9 Å². The average Bonchev–Trinajstić information content (AvgIpc) is 2.73. The third-order valence-corrected chi connectivity index (χ3v) is 6.22. The molecule has 29 heavy (non-hydrogen) atoms. The summed E-state index contributed by atoms with van der Waals surface area (Å²) >= 11 is 0. The van der Waals surface area contributed by atoms with E-state index in [1.54, 1.807) is 11.8 Å². The van der Waals surface area contributed by atoms with Crippen molar-refractivity contribution in [2.45, 2.75) is 24.7 Å². The van der Waals surface area contributed by atoms with E-state index in [1.807, 2.05) is 0 Å². The third kappa shape index (κ3) is 5.77. The molecule has 9 nitrogen and oxygen atoms in total. The van der Waals surface area contributed by atoms with Crippen molar-refractivity contribution in [3.63, 3.8) is 0 Å². The molecule has 1 aliphatic heterocycles. The predicted octanol–water partition coefficient (Wildman–Crippen LogP) is 0.468. The minimum atomic E-state index is -3.58. The van der Waals surface area contributed by atoms with Crippen LogP contribution < -0.4 is 4.72 Å². The lowest BCUT2D eigenvalue weighted by molar-refractivity contribution is -0.151. The van der Waals surface area contributed by atoms with Gasteiger partial charge < -0.3 is 14.5 Å². The second kappa shape index (κ2) is 9.84. The van der Waals surface area contributed by atoms with Crippen LogP contribution in [0.15, 0.2) is 29.2 Å². The number of rotatable bonds is 7. The van der Waals surface area contributed by atoms with Gasteiger partial charge >= 0.3 is 5.97 Å². The molecule has 0 aliphatic carbocycles. The van der Waals surface area contributed by atoms with Crippen LogP contribution in [0.1, 0.15) is 30.1 Å². The van der Waals surface area contributed by atoms with E-state index in [0.717, 1.165) is 0 Å². The molecule has 1 aliphatic rings. The van der Waals surface area contributed by atoms with Gasteiger partial charge in [-0.05, 0) is 51.1 Å². The minimum absolute atomic E-state index is 0.0496. The van der Waals surface area contributed by atoms with Gasteiger partial charge in [-0.3, -0.25) is 14.4 Å². The number of nitrogens with zero attached hydrogens (tertiary/aromatic N) is 2. The fourth-order valence-electron chi connectivity index (χ4n) is 3.15. The molecular weight excluding hydrogens is 398 g/mol. The fraction of sp³-hybridized carbons (Fsp3) is 0.526. The molecule has 0 spiro atoms.